The van der Waals surface area contributed by atoms with Gasteiger partial charge in [0.1, 0.15) is 25.8 Å². The second kappa shape index (κ2) is 24.8. The first kappa shape index (κ1) is 38.4. The van der Waals surface area contributed by atoms with Crippen molar-refractivity contribution in [2.45, 2.75) is 142 Å². The van der Waals surface area contributed by atoms with E-state index in [0.717, 1.165) is 30.6 Å². The third-order valence-corrected chi connectivity index (χ3v) is 8.16. The molecule has 1 aliphatic heterocycles. The summed E-state index contributed by atoms with van der Waals surface area (Å²) < 4.78 is 18.0. The number of rotatable bonds is 23. The van der Waals surface area contributed by atoms with Crippen LogP contribution in [0.15, 0.2) is 18.3 Å². The van der Waals surface area contributed by atoms with Gasteiger partial charge in [0.2, 0.25) is 5.69 Å². The highest BCUT2D eigenvalue weighted by Gasteiger charge is 2.38. The number of aryl methyl sites for hydroxylation is 1. The minimum Gasteiger partial charge on any atom is -1.00 e. The molecule has 42 heavy (non-hydrogen) atoms. The van der Waals surface area contributed by atoms with Gasteiger partial charge in [-0.05, 0) is 19.4 Å². The molecular formula is C33H58IN3O5. The van der Waals surface area contributed by atoms with Gasteiger partial charge in [0, 0.05) is 24.1 Å². The number of hydrogen-bond donors (Lipinski definition) is 2. The lowest BCUT2D eigenvalue weighted by Gasteiger charge is -2.36. The van der Waals surface area contributed by atoms with Gasteiger partial charge in [-0.3, -0.25) is 0 Å². The normalized spacial score (nSPS) is 15.8. The van der Waals surface area contributed by atoms with Crippen molar-refractivity contribution in [1.29, 1.82) is 0 Å². The van der Waals surface area contributed by atoms with Crippen molar-refractivity contribution in [3.05, 3.63) is 29.6 Å². The van der Waals surface area contributed by atoms with E-state index < -0.39 is 6.09 Å². The maximum Gasteiger partial charge on any atom is 0.407 e. The van der Waals surface area contributed by atoms with E-state index in [-0.39, 0.29) is 48.7 Å². The maximum absolute atomic E-state index is 12.2. The number of carbonyl (C=O) groups excluding carboxylic acids is 2. The third-order valence-electron chi connectivity index (χ3n) is 8.16. The molecule has 0 aliphatic carbocycles. The fourth-order valence-corrected chi connectivity index (χ4v) is 5.52. The van der Waals surface area contributed by atoms with Gasteiger partial charge in [-0.25, -0.2) is 14.2 Å². The van der Waals surface area contributed by atoms with Gasteiger partial charge in [0.15, 0.2) is 6.20 Å². The SMILES string of the molecule is CCCCCCCCCCCCCCCCCCNC(=O)OCC1OCC1c1ccc[n+](CC)c1CNC(=O)OC.[I-]. The summed E-state index contributed by atoms with van der Waals surface area (Å²) in [5.74, 6) is 0.108. The molecule has 1 saturated heterocycles. The Balaban J connectivity index is 0.00000882. The molecule has 2 N–H and O–H groups in total. The summed E-state index contributed by atoms with van der Waals surface area (Å²) >= 11 is 0. The Hall–Kier alpha value is -1.62. The summed E-state index contributed by atoms with van der Waals surface area (Å²) in [5, 5.41) is 5.66. The Bertz CT molecular complexity index is 857. The fourth-order valence-electron chi connectivity index (χ4n) is 5.52. The third kappa shape index (κ3) is 15.7. The molecule has 0 saturated carbocycles. The zero-order chi connectivity index (χ0) is 29.5. The van der Waals surface area contributed by atoms with E-state index in [4.69, 9.17) is 14.2 Å². The van der Waals surface area contributed by atoms with Gasteiger partial charge in [0.25, 0.3) is 0 Å². The molecule has 0 aromatic carbocycles. The van der Waals surface area contributed by atoms with Crippen molar-refractivity contribution >= 4 is 12.2 Å². The van der Waals surface area contributed by atoms with Crippen molar-refractivity contribution in [3.63, 3.8) is 0 Å². The van der Waals surface area contributed by atoms with Crippen molar-refractivity contribution in [2.24, 2.45) is 0 Å². The molecule has 1 aromatic heterocycles. The number of nitrogens with zero attached hydrogens (tertiary/aromatic N) is 1. The van der Waals surface area contributed by atoms with Gasteiger partial charge in [-0.2, -0.15) is 0 Å². The molecule has 1 aromatic rings. The summed E-state index contributed by atoms with van der Waals surface area (Å²) in [7, 11) is 1.35. The summed E-state index contributed by atoms with van der Waals surface area (Å²) in [5.41, 5.74) is 2.10. The molecule has 0 spiro atoms. The molecule has 2 unspecified atom stereocenters. The smallest absolute Gasteiger partial charge is 0.407 e. The summed E-state index contributed by atoms with van der Waals surface area (Å²) in [6, 6.07) is 4.06. The van der Waals surface area contributed by atoms with Crippen LogP contribution in [-0.2, 0) is 27.3 Å². The summed E-state index contributed by atoms with van der Waals surface area (Å²) in [6.07, 6.45) is 22.3. The maximum atomic E-state index is 12.2. The molecule has 1 fully saturated rings. The van der Waals surface area contributed by atoms with Gasteiger partial charge < -0.3 is 48.8 Å². The number of hydrogen-bond acceptors (Lipinski definition) is 5. The van der Waals surface area contributed by atoms with Crippen LogP contribution in [0.4, 0.5) is 9.59 Å². The average molecular weight is 704 g/mol. The van der Waals surface area contributed by atoms with Crippen LogP contribution in [0.25, 0.3) is 0 Å². The highest BCUT2D eigenvalue weighted by Crippen LogP contribution is 2.32. The molecule has 2 heterocycles. The molecule has 242 valence electrons. The largest absolute Gasteiger partial charge is 1.00 e. The molecule has 0 radical (unpaired) electrons. The molecule has 2 rings (SSSR count). The van der Waals surface area contributed by atoms with Gasteiger partial charge >= 0.3 is 12.2 Å². The minimum absolute atomic E-state index is 0. The molecular weight excluding hydrogens is 645 g/mol. The number of methoxy groups -OCH3 is 1. The number of pyridine rings is 1. The van der Waals surface area contributed by atoms with Crippen LogP contribution in [0.2, 0.25) is 0 Å². The topological polar surface area (TPSA) is 89.8 Å². The van der Waals surface area contributed by atoms with Crippen LogP contribution in [0.3, 0.4) is 0 Å². The standard InChI is InChI=1S/C33H57N3O5.HI/c1-4-6-7-8-9-10-11-12-13-14-15-16-17-18-19-20-23-34-33(38)41-27-31-29(26-40-31)28-22-21-24-36(5-2)30(28)25-35-32(37)39-3;/h21-22,24,29,31H,4-20,23,25-27H2,1-3H3,(H-,34,35,37,38);1H. The number of amides is 2. The Morgan fingerprint density at radius 2 is 1.43 bits per heavy atom. The first-order chi connectivity index (χ1) is 20.1. The number of carbonyl (C=O) groups is 2. The van der Waals surface area contributed by atoms with Crippen molar-refractivity contribution in [1.82, 2.24) is 10.6 Å². The molecule has 0 bridgehead atoms. The average Bonchev–Trinajstić information content (AvgIpc) is 2.97. The zero-order valence-electron chi connectivity index (χ0n) is 26.6. The van der Waals surface area contributed by atoms with Crippen LogP contribution < -0.4 is 39.2 Å². The van der Waals surface area contributed by atoms with Crippen LogP contribution in [0.5, 0.6) is 0 Å². The van der Waals surface area contributed by atoms with E-state index in [9.17, 15) is 9.59 Å². The number of halogens is 1. The number of aromatic nitrogens is 1. The lowest BCUT2D eigenvalue weighted by atomic mass is 9.88. The second-order valence-corrected chi connectivity index (χ2v) is 11.3. The molecule has 2 amide bonds. The van der Waals surface area contributed by atoms with E-state index in [1.54, 1.807) is 0 Å². The van der Waals surface area contributed by atoms with Crippen molar-refractivity contribution in [3.8, 4) is 0 Å². The van der Waals surface area contributed by atoms with Crippen LogP contribution >= 0.6 is 0 Å². The number of unbranched alkanes of at least 4 members (excludes halogenated alkanes) is 15. The number of alkyl carbamates (subject to hydrolysis) is 2. The molecule has 2 atom stereocenters. The Morgan fingerprint density at radius 3 is 1.93 bits per heavy atom. The first-order valence-corrected chi connectivity index (χ1v) is 16.5. The lowest BCUT2D eigenvalue weighted by molar-refractivity contribution is -0.701. The highest BCUT2D eigenvalue weighted by atomic mass is 127. The zero-order valence-corrected chi connectivity index (χ0v) is 28.8. The first-order valence-electron chi connectivity index (χ1n) is 16.5. The predicted molar refractivity (Wildman–Crippen MR) is 163 cm³/mol. The van der Waals surface area contributed by atoms with E-state index >= 15 is 0 Å². The van der Waals surface area contributed by atoms with E-state index in [1.807, 2.05) is 12.3 Å². The summed E-state index contributed by atoms with van der Waals surface area (Å²) in [4.78, 5) is 23.8. The van der Waals surface area contributed by atoms with Crippen LogP contribution in [-0.4, -0.2) is 45.2 Å². The minimum atomic E-state index is -0.465. The summed E-state index contributed by atoms with van der Waals surface area (Å²) in [6.45, 7) is 6.90. The number of ether oxygens (including phenoxy) is 3. The van der Waals surface area contributed by atoms with Crippen LogP contribution in [0.1, 0.15) is 134 Å². The molecule has 1 aliphatic rings. The van der Waals surface area contributed by atoms with Crippen molar-refractivity contribution in [2.75, 3.05) is 26.9 Å². The molecule has 8 nitrogen and oxygen atoms in total. The van der Waals surface area contributed by atoms with E-state index in [2.05, 4.69) is 35.1 Å². The second-order valence-electron chi connectivity index (χ2n) is 11.3. The lowest BCUT2D eigenvalue weighted by Crippen LogP contribution is -3.00. The van der Waals surface area contributed by atoms with Gasteiger partial charge in [-0.15, -0.1) is 0 Å². The quantitative estimate of drug-likeness (QED) is 0.101. The number of nitrogens with one attached hydrogen (secondary N) is 2. The monoisotopic (exact) mass is 703 g/mol. The van der Waals surface area contributed by atoms with Crippen LogP contribution in [0, 0.1) is 0 Å². The Morgan fingerprint density at radius 1 is 0.857 bits per heavy atom. The van der Waals surface area contributed by atoms with Crippen molar-refractivity contribution < 1.29 is 52.3 Å². The Labute approximate surface area is 272 Å². The predicted octanol–water partition coefficient (Wildman–Crippen LogP) is 4.32. The van der Waals surface area contributed by atoms with Gasteiger partial charge in [0.05, 0.1) is 13.7 Å². The fraction of sp³-hybridized carbons (Fsp3) is 0.788. The molecule has 9 heteroatoms. The van der Waals surface area contributed by atoms with E-state index in [0.29, 0.717) is 19.7 Å². The Kier molecular flexibility index (Phi) is 22.7. The van der Waals surface area contributed by atoms with E-state index in [1.165, 1.54) is 97.0 Å². The van der Waals surface area contributed by atoms with Gasteiger partial charge in [-0.1, -0.05) is 103 Å². The highest BCUT2D eigenvalue weighted by molar-refractivity contribution is 5.67.